The summed E-state index contributed by atoms with van der Waals surface area (Å²) in [5.41, 5.74) is 3.63. The average molecular weight is 352 g/mol. The topological polar surface area (TPSA) is 46.9 Å². The lowest BCUT2D eigenvalue weighted by Gasteiger charge is -2.04. The Bertz CT molecular complexity index is 883. The fourth-order valence-corrected chi connectivity index (χ4v) is 2.91. The molecule has 0 atom stereocenters. The molecular formula is C20H18ClN3O. The number of carbonyl (C=O) groups excluding carboxylic acids is 1. The summed E-state index contributed by atoms with van der Waals surface area (Å²) in [6.45, 7) is 0. The molecule has 4 nitrogen and oxygen atoms in total. The van der Waals surface area contributed by atoms with Gasteiger partial charge in [-0.25, -0.2) is 4.68 Å². The van der Waals surface area contributed by atoms with E-state index in [2.05, 4.69) is 5.32 Å². The third-order valence-electron chi connectivity index (χ3n) is 4.22. The van der Waals surface area contributed by atoms with Crippen LogP contribution in [0.3, 0.4) is 0 Å². The molecule has 0 saturated heterocycles. The first-order chi connectivity index (χ1) is 12.2. The zero-order chi connectivity index (χ0) is 17.2. The molecule has 5 heteroatoms. The van der Waals surface area contributed by atoms with Gasteiger partial charge in [-0.3, -0.25) is 4.79 Å². The molecule has 0 unspecified atom stereocenters. The van der Waals surface area contributed by atoms with Crippen LogP contribution < -0.4 is 5.32 Å². The molecule has 0 aliphatic heterocycles. The number of para-hydroxylation sites is 1. The quantitative estimate of drug-likeness (QED) is 0.754. The van der Waals surface area contributed by atoms with E-state index in [9.17, 15) is 4.79 Å². The summed E-state index contributed by atoms with van der Waals surface area (Å²) in [5, 5.41) is 8.44. The zero-order valence-electron chi connectivity index (χ0n) is 13.7. The number of hydrogen-bond donors (Lipinski definition) is 1. The van der Waals surface area contributed by atoms with Gasteiger partial charge in [0.1, 0.15) is 0 Å². The molecule has 1 aliphatic carbocycles. The number of benzene rings is 2. The molecule has 126 valence electrons. The van der Waals surface area contributed by atoms with Gasteiger partial charge in [0.05, 0.1) is 17.8 Å². The predicted molar refractivity (Wildman–Crippen MR) is 98.9 cm³/mol. The molecule has 2 aromatic carbocycles. The van der Waals surface area contributed by atoms with Crippen LogP contribution in [-0.4, -0.2) is 21.7 Å². The maximum Gasteiger partial charge on any atom is 0.224 e. The van der Waals surface area contributed by atoms with Crippen LogP contribution in [0.2, 0.25) is 5.02 Å². The van der Waals surface area contributed by atoms with Crippen LogP contribution in [0, 0.1) is 0 Å². The Morgan fingerprint density at radius 3 is 2.52 bits per heavy atom. The second-order valence-electron chi connectivity index (χ2n) is 6.31. The van der Waals surface area contributed by atoms with Gasteiger partial charge in [-0.05, 0) is 37.1 Å². The minimum atomic E-state index is 0.0466. The largest absolute Gasteiger partial charge is 0.353 e. The molecule has 1 aromatic heterocycles. The Morgan fingerprint density at radius 2 is 1.84 bits per heavy atom. The second-order valence-corrected chi connectivity index (χ2v) is 6.74. The molecule has 25 heavy (non-hydrogen) atoms. The van der Waals surface area contributed by atoms with Crippen molar-refractivity contribution in [3.05, 3.63) is 71.4 Å². The van der Waals surface area contributed by atoms with Gasteiger partial charge in [0.2, 0.25) is 5.91 Å². The number of nitrogens with one attached hydrogen (secondary N) is 1. The highest BCUT2D eigenvalue weighted by atomic mass is 35.5. The summed E-state index contributed by atoms with van der Waals surface area (Å²) in [4.78, 5) is 12.3. The second kappa shape index (κ2) is 6.73. The monoisotopic (exact) mass is 351 g/mol. The van der Waals surface area contributed by atoms with E-state index in [0.717, 1.165) is 35.3 Å². The first-order valence-electron chi connectivity index (χ1n) is 8.38. The molecular weight excluding hydrogens is 334 g/mol. The van der Waals surface area contributed by atoms with E-state index in [0.29, 0.717) is 17.5 Å². The van der Waals surface area contributed by atoms with Crippen molar-refractivity contribution in [1.82, 2.24) is 15.1 Å². The smallest absolute Gasteiger partial charge is 0.224 e. The standard InChI is InChI=1S/C20H18ClN3O/c21-16-8-6-14(7-9-16)20-15(12-19(25)22-17-10-11-17)13-24(23-20)18-4-2-1-3-5-18/h1-9,13,17H,10-12H2,(H,22,25). The molecule has 0 spiro atoms. The van der Waals surface area contributed by atoms with Gasteiger partial charge in [0.25, 0.3) is 0 Å². The summed E-state index contributed by atoms with van der Waals surface area (Å²) in [6.07, 6.45) is 4.42. The van der Waals surface area contributed by atoms with Crippen molar-refractivity contribution in [2.75, 3.05) is 0 Å². The van der Waals surface area contributed by atoms with Gasteiger partial charge in [-0.1, -0.05) is 41.9 Å². The molecule has 4 rings (SSSR count). The van der Waals surface area contributed by atoms with E-state index in [1.54, 1.807) is 0 Å². The molecule has 1 heterocycles. The third-order valence-corrected chi connectivity index (χ3v) is 4.47. The summed E-state index contributed by atoms with van der Waals surface area (Å²) >= 11 is 6.00. The SMILES string of the molecule is O=C(Cc1cn(-c2ccccc2)nc1-c1ccc(Cl)cc1)NC1CC1. The van der Waals surface area contributed by atoms with Crippen molar-refractivity contribution in [2.45, 2.75) is 25.3 Å². The Hall–Kier alpha value is -2.59. The van der Waals surface area contributed by atoms with Crippen LogP contribution in [0.15, 0.2) is 60.8 Å². The van der Waals surface area contributed by atoms with Gasteiger partial charge in [0, 0.05) is 28.4 Å². The molecule has 0 bridgehead atoms. The number of nitrogens with zero attached hydrogens (tertiary/aromatic N) is 2. The lowest BCUT2D eigenvalue weighted by Crippen LogP contribution is -2.27. The van der Waals surface area contributed by atoms with Crippen LogP contribution >= 0.6 is 11.6 Å². The fourth-order valence-electron chi connectivity index (χ4n) is 2.78. The van der Waals surface area contributed by atoms with E-state index < -0.39 is 0 Å². The summed E-state index contributed by atoms with van der Waals surface area (Å²) < 4.78 is 1.82. The minimum absolute atomic E-state index is 0.0466. The van der Waals surface area contributed by atoms with Crippen molar-refractivity contribution < 1.29 is 4.79 Å². The molecule has 1 amide bonds. The van der Waals surface area contributed by atoms with Crippen molar-refractivity contribution in [3.63, 3.8) is 0 Å². The predicted octanol–water partition coefficient (Wildman–Crippen LogP) is 4.01. The van der Waals surface area contributed by atoms with E-state index in [1.807, 2.05) is 65.5 Å². The van der Waals surface area contributed by atoms with E-state index >= 15 is 0 Å². The van der Waals surface area contributed by atoms with Crippen LogP contribution in [0.4, 0.5) is 0 Å². The third kappa shape index (κ3) is 3.74. The van der Waals surface area contributed by atoms with E-state index in [1.165, 1.54) is 0 Å². The van der Waals surface area contributed by atoms with Crippen LogP contribution in [0.5, 0.6) is 0 Å². The van der Waals surface area contributed by atoms with Crippen LogP contribution in [-0.2, 0) is 11.2 Å². The van der Waals surface area contributed by atoms with Crippen molar-refractivity contribution in [1.29, 1.82) is 0 Å². The number of rotatable bonds is 5. The normalized spacial score (nSPS) is 13.6. The highest BCUT2D eigenvalue weighted by Crippen LogP contribution is 2.26. The Kier molecular flexibility index (Phi) is 4.28. The highest BCUT2D eigenvalue weighted by Gasteiger charge is 2.24. The Balaban J connectivity index is 1.70. The fraction of sp³-hybridized carbons (Fsp3) is 0.200. The molecule has 3 aromatic rings. The van der Waals surface area contributed by atoms with Gasteiger partial charge < -0.3 is 5.32 Å². The maximum absolute atomic E-state index is 12.3. The lowest BCUT2D eigenvalue weighted by atomic mass is 10.1. The van der Waals surface area contributed by atoms with Crippen LogP contribution in [0.1, 0.15) is 18.4 Å². The Labute approximate surface area is 151 Å². The first-order valence-corrected chi connectivity index (χ1v) is 8.76. The van der Waals surface area contributed by atoms with E-state index in [4.69, 9.17) is 16.7 Å². The summed E-state index contributed by atoms with van der Waals surface area (Å²) in [5.74, 6) is 0.0466. The molecule has 1 saturated carbocycles. The van der Waals surface area contributed by atoms with Crippen molar-refractivity contribution in [2.24, 2.45) is 0 Å². The number of carbonyl (C=O) groups is 1. The molecule has 1 N–H and O–H groups in total. The van der Waals surface area contributed by atoms with Gasteiger partial charge in [-0.15, -0.1) is 0 Å². The number of halogens is 1. The highest BCUT2D eigenvalue weighted by molar-refractivity contribution is 6.30. The van der Waals surface area contributed by atoms with Gasteiger partial charge >= 0.3 is 0 Å². The zero-order valence-corrected chi connectivity index (χ0v) is 14.4. The molecule has 1 fully saturated rings. The number of aromatic nitrogens is 2. The van der Waals surface area contributed by atoms with Gasteiger partial charge in [-0.2, -0.15) is 5.10 Å². The Morgan fingerprint density at radius 1 is 1.12 bits per heavy atom. The van der Waals surface area contributed by atoms with Crippen molar-refractivity contribution >= 4 is 17.5 Å². The minimum Gasteiger partial charge on any atom is -0.353 e. The average Bonchev–Trinajstić information content (AvgIpc) is 3.34. The summed E-state index contributed by atoms with van der Waals surface area (Å²) in [7, 11) is 0. The molecule has 0 radical (unpaired) electrons. The van der Waals surface area contributed by atoms with Crippen molar-refractivity contribution in [3.8, 4) is 16.9 Å². The number of amides is 1. The number of hydrogen-bond acceptors (Lipinski definition) is 2. The lowest BCUT2D eigenvalue weighted by molar-refractivity contribution is -0.120. The molecule has 1 aliphatic rings. The van der Waals surface area contributed by atoms with Gasteiger partial charge in [0.15, 0.2) is 0 Å². The first kappa shape index (κ1) is 15.9. The summed E-state index contributed by atoms with van der Waals surface area (Å²) in [6, 6.07) is 17.8. The maximum atomic E-state index is 12.3. The van der Waals surface area contributed by atoms with E-state index in [-0.39, 0.29) is 5.91 Å². The van der Waals surface area contributed by atoms with Crippen LogP contribution in [0.25, 0.3) is 16.9 Å².